The molecule has 10 nitrogen and oxygen atoms in total. The average Bonchev–Trinajstić information content (AvgIpc) is 3.74. The van der Waals surface area contributed by atoms with Crippen LogP contribution >= 0.6 is 0 Å². The lowest BCUT2D eigenvalue weighted by Gasteiger charge is -2.36. The first-order valence-electron chi connectivity index (χ1n) is 16.6. The molecule has 4 aliphatic rings. The van der Waals surface area contributed by atoms with E-state index in [2.05, 4.69) is 5.32 Å². The Morgan fingerprint density at radius 2 is 1.71 bits per heavy atom. The Bertz CT molecular complexity index is 1790. The van der Waals surface area contributed by atoms with Crippen molar-refractivity contribution in [1.82, 2.24) is 10.2 Å². The summed E-state index contributed by atoms with van der Waals surface area (Å²) in [5.41, 5.74) is -0.0556. The standard InChI is InChI=1S/C38H39N3O7/c1-24-33(26-12-4-2-5-13-26)47-37(46)31-29-18-19-38(48-29)32(31)35(44)41(21-10-22-42)34(38)36(45)40(20-9-3-6-15-30(43)39-24)28-17-16-25-11-7-8-14-27(25)23-28/h2-5,7-9,11-14,16-19,23-24,29,31-34,42H,6,10,15,20-22H2,1H3,(H,39,43)/b9-3-/t24-,29+,31-,32-,33+,34+,38-/m1/s1. The predicted molar refractivity (Wildman–Crippen MR) is 178 cm³/mol. The quantitative estimate of drug-likeness (QED) is 0.318. The van der Waals surface area contributed by atoms with Gasteiger partial charge in [0.1, 0.15) is 23.7 Å². The first-order valence-corrected chi connectivity index (χ1v) is 16.6. The normalized spacial score (nSPS) is 31.2. The van der Waals surface area contributed by atoms with Crippen molar-refractivity contribution in [3.05, 3.63) is 103 Å². The van der Waals surface area contributed by atoms with Crippen molar-refractivity contribution in [2.24, 2.45) is 11.8 Å². The van der Waals surface area contributed by atoms with Crippen LogP contribution in [0.4, 0.5) is 5.69 Å². The Hall–Kier alpha value is -4.80. The van der Waals surface area contributed by atoms with E-state index in [4.69, 9.17) is 9.47 Å². The van der Waals surface area contributed by atoms with Crippen LogP contribution in [-0.4, -0.2) is 77.2 Å². The maximum atomic E-state index is 14.9. The van der Waals surface area contributed by atoms with E-state index < -0.39 is 47.7 Å². The number of hydrogen-bond acceptors (Lipinski definition) is 7. The van der Waals surface area contributed by atoms with Gasteiger partial charge in [-0.3, -0.25) is 19.2 Å². The molecule has 0 saturated carbocycles. The van der Waals surface area contributed by atoms with E-state index in [9.17, 15) is 24.3 Å². The number of esters is 1. The van der Waals surface area contributed by atoms with E-state index in [-0.39, 0.29) is 50.3 Å². The largest absolute Gasteiger partial charge is 0.455 e. The van der Waals surface area contributed by atoms with Crippen molar-refractivity contribution in [3.63, 3.8) is 0 Å². The molecule has 248 valence electrons. The summed E-state index contributed by atoms with van der Waals surface area (Å²) >= 11 is 0. The van der Waals surface area contributed by atoms with Crippen LogP contribution in [0.5, 0.6) is 0 Å². The minimum atomic E-state index is -1.40. The number of carbonyl (C=O) groups excluding carboxylic acids is 4. The Balaban J connectivity index is 1.32. The number of fused-ring (bicyclic) bond motifs is 3. The molecular weight excluding hydrogens is 610 g/mol. The van der Waals surface area contributed by atoms with Crippen LogP contribution in [0.3, 0.4) is 0 Å². The number of ether oxygens (including phenoxy) is 2. The summed E-state index contributed by atoms with van der Waals surface area (Å²) in [5.74, 6) is -3.58. The van der Waals surface area contributed by atoms with E-state index in [1.165, 1.54) is 4.90 Å². The van der Waals surface area contributed by atoms with Gasteiger partial charge in [0, 0.05) is 31.8 Å². The molecule has 0 radical (unpaired) electrons. The van der Waals surface area contributed by atoms with Crippen LogP contribution in [0.1, 0.15) is 37.9 Å². The molecule has 10 heteroatoms. The molecule has 3 amide bonds. The van der Waals surface area contributed by atoms with Gasteiger partial charge in [-0.25, -0.2) is 0 Å². The molecule has 4 heterocycles. The zero-order valence-corrected chi connectivity index (χ0v) is 26.7. The summed E-state index contributed by atoms with van der Waals surface area (Å²) in [7, 11) is 0. The number of hydrogen-bond donors (Lipinski definition) is 2. The fraction of sp³-hybridized carbons (Fsp3) is 0.368. The van der Waals surface area contributed by atoms with Crippen LogP contribution in [0.2, 0.25) is 0 Å². The summed E-state index contributed by atoms with van der Waals surface area (Å²) in [5, 5.41) is 14.7. The molecule has 0 unspecified atom stereocenters. The molecule has 48 heavy (non-hydrogen) atoms. The van der Waals surface area contributed by atoms with Gasteiger partial charge in [0.15, 0.2) is 0 Å². The highest BCUT2D eigenvalue weighted by atomic mass is 16.6. The Morgan fingerprint density at radius 3 is 2.50 bits per heavy atom. The maximum absolute atomic E-state index is 14.9. The zero-order chi connectivity index (χ0) is 33.4. The van der Waals surface area contributed by atoms with Crippen molar-refractivity contribution in [1.29, 1.82) is 0 Å². The summed E-state index contributed by atoms with van der Waals surface area (Å²) in [6.45, 7) is 1.92. The molecule has 7 rings (SSSR count). The smallest absolute Gasteiger partial charge is 0.313 e. The third kappa shape index (κ3) is 5.48. The number of carbonyl (C=O) groups is 4. The highest BCUT2D eigenvalue weighted by Gasteiger charge is 2.73. The maximum Gasteiger partial charge on any atom is 0.313 e. The number of aliphatic hydroxyl groups excluding tert-OH is 1. The molecule has 2 saturated heterocycles. The lowest BCUT2D eigenvalue weighted by Crippen LogP contribution is -2.56. The minimum Gasteiger partial charge on any atom is -0.455 e. The number of benzene rings is 3. The van der Waals surface area contributed by atoms with Gasteiger partial charge in [-0.15, -0.1) is 0 Å². The molecule has 4 aliphatic heterocycles. The molecule has 0 aliphatic carbocycles. The minimum absolute atomic E-state index is 0.116. The third-order valence-electron chi connectivity index (χ3n) is 9.95. The van der Waals surface area contributed by atoms with Gasteiger partial charge < -0.3 is 29.7 Å². The van der Waals surface area contributed by atoms with Crippen LogP contribution in [0, 0.1) is 11.8 Å². The molecule has 0 aromatic heterocycles. The molecule has 3 aromatic rings. The predicted octanol–water partition coefficient (Wildman–Crippen LogP) is 3.85. The number of aliphatic hydroxyl groups is 1. The number of allylic oxidation sites excluding steroid dienone is 1. The van der Waals surface area contributed by atoms with E-state index >= 15 is 0 Å². The molecule has 2 N–H and O–H groups in total. The van der Waals surface area contributed by atoms with Crippen molar-refractivity contribution >= 4 is 40.2 Å². The van der Waals surface area contributed by atoms with Crippen LogP contribution in [0.15, 0.2) is 97.1 Å². The van der Waals surface area contributed by atoms with Crippen molar-refractivity contribution in [2.75, 3.05) is 24.6 Å². The summed E-state index contributed by atoms with van der Waals surface area (Å²) in [6, 6.07) is 21.2. The Kier molecular flexibility index (Phi) is 8.61. The van der Waals surface area contributed by atoms with Crippen molar-refractivity contribution in [3.8, 4) is 0 Å². The van der Waals surface area contributed by atoms with Gasteiger partial charge >= 0.3 is 5.97 Å². The van der Waals surface area contributed by atoms with Crippen LogP contribution in [-0.2, 0) is 28.7 Å². The summed E-state index contributed by atoms with van der Waals surface area (Å²) < 4.78 is 12.7. The van der Waals surface area contributed by atoms with Crippen molar-refractivity contribution < 1.29 is 33.8 Å². The van der Waals surface area contributed by atoms with E-state index in [1.54, 1.807) is 24.0 Å². The Morgan fingerprint density at radius 1 is 0.938 bits per heavy atom. The van der Waals surface area contributed by atoms with Gasteiger partial charge in [-0.1, -0.05) is 85.0 Å². The molecule has 1 spiro atoms. The summed E-state index contributed by atoms with van der Waals surface area (Å²) in [6.07, 6.45) is 6.55. The first-order chi connectivity index (χ1) is 23.3. The monoisotopic (exact) mass is 649 g/mol. The number of rotatable bonds is 5. The van der Waals surface area contributed by atoms with Gasteiger partial charge in [0.2, 0.25) is 11.8 Å². The second-order valence-electron chi connectivity index (χ2n) is 12.9. The average molecular weight is 650 g/mol. The number of likely N-dealkylation sites (tertiary alicyclic amines) is 1. The van der Waals surface area contributed by atoms with Gasteiger partial charge in [0.05, 0.1) is 18.1 Å². The van der Waals surface area contributed by atoms with Gasteiger partial charge in [0.25, 0.3) is 5.91 Å². The molecule has 2 fully saturated rings. The van der Waals surface area contributed by atoms with E-state index in [0.717, 1.165) is 10.8 Å². The number of amides is 3. The zero-order valence-electron chi connectivity index (χ0n) is 26.7. The van der Waals surface area contributed by atoms with Crippen molar-refractivity contribution in [2.45, 2.75) is 56.1 Å². The SMILES string of the molecule is C[C@H]1NC(=O)CC/C=C\CN(c2ccc3ccccc3c2)C(=O)[C@@H]2N(CCCO)C(=O)[C@H]3[C@H](C(=O)O[C@@H]1c1ccccc1)[C@@H]1C=C[C@]23O1. The van der Waals surface area contributed by atoms with Crippen LogP contribution in [0.25, 0.3) is 10.8 Å². The number of anilines is 1. The highest BCUT2D eigenvalue weighted by molar-refractivity contribution is 6.06. The second-order valence-corrected chi connectivity index (χ2v) is 12.9. The molecule has 3 aromatic carbocycles. The first kappa shape index (κ1) is 31.8. The molecule has 7 atom stereocenters. The van der Waals surface area contributed by atoms with E-state index in [1.807, 2.05) is 84.9 Å². The Labute approximate surface area is 279 Å². The number of nitrogens with zero attached hydrogens (tertiary/aromatic N) is 2. The number of nitrogens with one attached hydrogen (secondary N) is 1. The van der Waals surface area contributed by atoms with Crippen LogP contribution < -0.4 is 10.2 Å². The topological polar surface area (TPSA) is 125 Å². The lowest BCUT2D eigenvalue weighted by molar-refractivity contribution is -0.161. The summed E-state index contributed by atoms with van der Waals surface area (Å²) in [4.78, 5) is 59.6. The van der Waals surface area contributed by atoms with E-state index in [0.29, 0.717) is 17.7 Å². The van der Waals surface area contributed by atoms with Gasteiger partial charge in [-0.05, 0) is 48.2 Å². The fourth-order valence-electron chi connectivity index (χ4n) is 7.73. The van der Waals surface area contributed by atoms with Gasteiger partial charge in [-0.2, -0.15) is 0 Å². The molecule has 5 bridgehead atoms. The third-order valence-corrected chi connectivity index (χ3v) is 9.95. The molecular formula is C38H39N3O7. The second kappa shape index (κ2) is 13.0. The number of cyclic esters (lactones) is 1. The lowest BCUT2D eigenvalue weighted by atomic mass is 9.74. The fourth-order valence-corrected chi connectivity index (χ4v) is 7.73. The highest BCUT2D eigenvalue weighted by Crippen LogP contribution is 2.56.